The second-order valence-electron chi connectivity index (χ2n) is 8.26. The van der Waals surface area contributed by atoms with Crippen molar-refractivity contribution in [3.05, 3.63) is 80.6 Å². The highest BCUT2D eigenvalue weighted by Gasteiger charge is 2.37. The molecule has 1 fully saturated rings. The van der Waals surface area contributed by atoms with E-state index < -0.39 is 4.92 Å². The van der Waals surface area contributed by atoms with Gasteiger partial charge in [-0.1, -0.05) is 36.7 Å². The number of hydrogen-bond donors (Lipinski definition) is 0. The van der Waals surface area contributed by atoms with Crippen molar-refractivity contribution in [1.82, 2.24) is 9.80 Å². The van der Waals surface area contributed by atoms with E-state index in [9.17, 15) is 14.9 Å². The maximum atomic E-state index is 13.5. The summed E-state index contributed by atoms with van der Waals surface area (Å²) in [6, 6.07) is 11.6. The molecule has 2 aromatic rings. The number of halogens is 1. The van der Waals surface area contributed by atoms with Crippen LogP contribution in [0.4, 0.5) is 11.4 Å². The summed E-state index contributed by atoms with van der Waals surface area (Å²) < 4.78 is 0. The third-order valence-corrected chi connectivity index (χ3v) is 6.61. The number of piperazine rings is 1. The molecule has 1 amide bonds. The first kappa shape index (κ1) is 22.2. The van der Waals surface area contributed by atoms with Gasteiger partial charge in [-0.25, -0.2) is 4.99 Å². The van der Waals surface area contributed by atoms with Crippen LogP contribution in [0.1, 0.15) is 18.1 Å². The van der Waals surface area contributed by atoms with Crippen LogP contribution in [0.15, 0.2) is 64.3 Å². The van der Waals surface area contributed by atoms with Crippen LogP contribution in [0.2, 0.25) is 5.02 Å². The molecule has 0 spiro atoms. The number of nitro groups is 1. The Morgan fingerprint density at radius 3 is 2.59 bits per heavy atom. The molecular formula is C24H23ClN6O3. The van der Waals surface area contributed by atoms with Gasteiger partial charge in [-0.2, -0.15) is 0 Å². The Labute approximate surface area is 201 Å². The molecule has 0 N–H and O–H groups in total. The highest BCUT2D eigenvalue weighted by Crippen LogP contribution is 2.35. The summed E-state index contributed by atoms with van der Waals surface area (Å²) in [5.74, 6) is 0.222. The Morgan fingerprint density at radius 2 is 1.88 bits per heavy atom. The summed E-state index contributed by atoms with van der Waals surface area (Å²) in [6.45, 7) is 6.82. The van der Waals surface area contributed by atoms with Gasteiger partial charge in [0.2, 0.25) is 0 Å². The van der Waals surface area contributed by atoms with Crippen LogP contribution in [0.3, 0.4) is 0 Å². The lowest BCUT2D eigenvalue weighted by atomic mass is 9.99. The van der Waals surface area contributed by atoms with Gasteiger partial charge in [0.25, 0.3) is 11.6 Å². The molecule has 0 atom stereocenters. The standard InChI is InChI=1S/C24H23ClN6O3/c1-2-28-9-11-29(12-10-28)15-20-24(32)30-21-8-7-16(31(33)34)13-18(21)23(26-14-22(30)27-20)17-5-3-4-6-19(17)25/h3-8,13,15H,2,9-12,14H2,1H3/b20-15+. The number of carbonyl (C=O) groups excluding carboxylic acids is 1. The number of nitrogens with zero attached hydrogens (tertiary/aromatic N) is 6. The van der Waals surface area contributed by atoms with Crippen LogP contribution in [-0.2, 0) is 4.79 Å². The van der Waals surface area contributed by atoms with E-state index in [2.05, 4.69) is 21.7 Å². The molecule has 0 unspecified atom stereocenters. The fourth-order valence-corrected chi connectivity index (χ4v) is 4.65. The van der Waals surface area contributed by atoms with Crippen molar-refractivity contribution in [3.8, 4) is 0 Å². The zero-order valence-corrected chi connectivity index (χ0v) is 19.4. The van der Waals surface area contributed by atoms with Crippen LogP contribution in [-0.4, -0.2) is 71.4 Å². The molecule has 5 rings (SSSR count). The zero-order chi connectivity index (χ0) is 23.8. The van der Waals surface area contributed by atoms with Crippen molar-refractivity contribution in [2.75, 3.05) is 44.2 Å². The second-order valence-corrected chi connectivity index (χ2v) is 8.66. The summed E-state index contributed by atoms with van der Waals surface area (Å²) >= 11 is 6.44. The second kappa shape index (κ2) is 9.00. The number of amides is 1. The molecule has 0 bridgehead atoms. The molecule has 3 aliphatic heterocycles. The van der Waals surface area contributed by atoms with Gasteiger partial charge in [0.15, 0.2) is 0 Å². The normalized spacial score (nSPS) is 19.5. The molecule has 10 heteroatoms. The maximum absolute atomic E-state index is 13.5. The quantitative estimate of drug-likeness (QED) is 0.381. The summed E-state index contributed by atoms with van der Waals surface area (Å²) in [4.78, 5) is 39.8. The Kier molecular flexibility index (Phi) is 5.89. The molecule has 2 aromatic carbocycles. The minimum atomic E-state index is -0.461. The Balaban J connectivity index is 1.57. The van der Waals surface area contributed by atoms with E-state index in [-0.39, 0.29) is 18.1 Å². The largest absolute Gasteiger partial charge is 0.373 e. The topological polar surface area (TPSA) is 94.7 Å². The van der Waals surface area contributed by atoms with E-state index in [1.807, 2.05) is 18.3 Å². The highest BCUT2D eigenvalue weighted by atomic mass is 35.5. The van der Waals surface area contributed by atoms with Crippen molar-refractivity contribution in [2.45, 2.75) is 6.92 Å². The Hall–Kier alpha value is -3.56. The Morgan fingerprint density at radius 1 is 1.12 bits per heavy atom. The molecule has 1 saturated heterocycles. The number of hydrogen-bond acceptors (Lipinski definition) is 7. The number of likely N-dealkylation sites (N-methyl/N-ethyl adjacent to an activating group) is 1. The van der Waals surface area contributed by atoms with E-state index in [4.69, 9.17) is 16.6 Å². The molecule has 3 heterocycles. The summed E-state index contributed by atoms with van der Waals surface area (Å²) in [6.07, 6.45) is 1.82. The third kappa shape index (κ3) is 3.97. The minimum absolute atomic E-state index is 0.0879. The number of aliphatic imine (C=N–C) groups is 2. The van der Waals surface area contributed by atoms with Crippen LogP contribution < -0.4 is 4.90 Å². The van der Waals surface area contributed by atoms with Gasteiger partial charge < -0.3 is 9.80 Å². The smallest absolute Gasteiger partial charge is 0.284 e. The average molecular weight is 479 g/mol. The Bertz CT molecular complexity index is 1260. The van der Waals surface area contributed by atoms with Crippen LogP contribution in [0, 0.1) is 10.1 Å². The lowest BCUT2D eigenvalue weighted by Gasteiger charge is -2.33. The first-order chi connectivity index (χ1) is 16.5. The van der Waals surface area contributed by atoms with E-state index in [0.717, 1.165) is 32.7 Å². The predicted octanol–water partition coefficient (Wildman–Crippen LogP) is 3.32. The fraction of sp³-hybridized carbons (Fsp3) is 0.292. The molecule has 3 aliphatic rings. The van der Waals surface area contributed by atoms with E-state index in [0.29, 0.717) is 39.1 Å². The first-order valence-corrected chi connectivity index (χ1v) is 11.5. The van der Waals surface area contributed by atoms with Gasteiger partial charge >= 0.3 is 0 Å². The molecule has 0 radical (unpaired) electrons. The zero-order valence-electron chi connectivity index (χ0n) is 18.6. The number of benzene rings is 2. The monoisotopic (exact) mass is 478 g/mol. The van der Waals surface area contributed by atoms with Crippen molar-refractivity contribution in [2.24, 2.45) is 9.98 Å². The number of fused-ring (bicyclic) bond motifs is 3. The van der Waals surface area contributed by atoms with Gasteiger partial charge in [-0.3, -0.25) is 24.8 Å². The van der Waals surface area contributed by atoms with Crippen LogP contribution in [0.5, 0.6) is 0 Å². The van der Waals surface area contributed by atoms with Gasteiger partial charge in [-0.15, -0.1) is 0 Å². The van der Waals surface area contributed by atoms with Gasteiger partial charge in [0.05, 0.1) is 22.9 Å². The summed E-state index contributed by atoms with van der Waals surface area (Å²) in [5, 5.41) is 12.0. The number of amidine groups is 1. The van der Waals surface area contributed by atoms with Gasteiger partial charge in [-0.05, 0) is 18.7 Å². The van der Waals surface area contributed by atoms with E-state index in [1.165, 1.54) is 17.0 Å². The number of rotatable bonds is 4. The fourth-order valence-electron chi connectivity index (χ4n) is 4.43. The first-order valence-electron chi connectivity index (χ1n) is 11.1. The molecule has 9 nitrogen and oxygen atoms in total. The predicted molar refractivity (Wildman–Crippen MR) is 132 cm³/mol. The molecular weight excluding hydrogens is 456 g/mol. The van der Waals surface area contributed by atoms with Crippen molar-refractivity contribution >= 4 is 40.4 Å². The van der Waals surface area contributed by atoms with E-state index >= 15 is 0 Å². The van der Waals surface area contributed by atoms with Crippen molar-refractivity contribution < 1.29 is 9.72 Å². The van der Waals surface area contributed by atoms with Crippen molar-refractivity contribution in [1.29, 1.82) is 0 Å². The molecule has 0 saturated carbocycles. The number of anilines is 1. The summed E-state index contributed by atoms with van der Waals surface area (Å²) in [5.41, 5.74) is 2.37. The van der Waals surface area contributed by atoms with Crippen LogP contribution >= 0.6 is 11.6 Å². The third-order valence-electron chi connectivity index (χ3n) is 6.28. The highest BCUT2D eigenvalue weighted by molar-refractivity contribution is 6.37. The molecule has 174 valence electrons. The number of carbonyl (C=O) groups is 1. The SMILES string of the molecule is CCN1CCN(/C=C2/N=C3CN=C(c4ccccc4Cl)c4cc([N+](=O)[O-])ccc4N3C2=O)CC1. The lowest BCUT2D eigenvalue weighted by Crippen LogP contribution is -2.44. The number of nitro benzene ring substituents is 1. The van der Waals surface area contributed by atoms with Gasteiger partial charge in [0.1, 0.15) is 11.5 Å². The molecule has 0 aliphatic carbocycles. The lowest BCUT2D eigenvalue weighted by molar-refractivity contribution is -0.384. The minimum Gasteiger partial charge on any atom is -0.373 e. The molecule has 0 aromatic heterocycles. The number of non-ortho nitro benzene ring substituents is 1. The van der Waals surface area contributed by atoms with Gasteiger partial charge in [0, 0.05) is 60.7 Å². The maximum Gasteiger partial charge on any atom is 0.284 e. The van der Waals surface area contributed by atoms with Crippen LogP contribution in [0.25, 0.3) is 0 Å². The summed E-state index contributed by atoms with van der Waals surface area (Å²) in [7, 11) is 0. The average Bonchev–Trinajstić information content (AvgIpc) is 3.05. The van der Waals surface area contributed by atoms with Crippen molar-refractivity contribution in [3.63, 3.8) is 0 Å². The van der Waals surface area contributed by atoms with E-state index in [1.54, 1.807) is 18.2 Å². The molecule has 34 heavy (non-hydrogen) atoms.